The number of benzene rings is 1. The summed E-state index contributed by atoms with van der Waals surface area (Å²) in [5, 5.41) is 12.0. The maximum absolute atomic E-state index is 12.4. The first-order chi connectivity index (χ1) is 14.7. The van der Waals surface area contributed by atoms with Crippen molar-refractivity contribution in [1.82, 2.24) is 15.1 Å². The van der Waals surface area contributed by atoms with Crippen molar-refractivity contribution in [3.05, 3.63) is 64.3 Å². The molecule has 0 spiro atoms. The lowest BCUT2D eigenvalue weighted by Gasteiger charge is -2.12. The molecule has 8 heteroatoms. The van der Waals surface area contributed by atoms with Gasteiger partial charge in [-0.3, -0.25) is 0 Å². The van der Waals surface area contributed by atoms with E-state index < -0.39 is 0 Å². The van der Waals surface area contributed by atoms with Gasteiger partial charge in [-0.25, -0.2) is 9.48 Å². The van der Waals surface area contributed by atoms with Crippen molar-refractivity contribution >= 4 is 39.6 Å². The number of thiocarbonyl (C=S) groups is 1. The standard InChI is InChI=1S/C22H24N4O2S2/c1-28-21(27)19-17-6-3-2-4-7-18(17)30-20(19)25-22(29)23-14-15-8-10-16(11-9-15)26-13-5-12-24-26/h5,8-13H,2-4,6-7,14H2,1H3,(H2,23,25,29). The predicted octanol–water partition coefficient (Wildman–Crippen LogP) is 4.48. The van der Waals surface area contributed by atoms with Crippen molar-refractivity contribution in [2.45, 2.75) is 38.6 Å². The molecule has 0 fully saturated rings. The first-order valence-electron chi connectivity index (χ1n) is 10.0. The number of thiophene rings is 1. The van der Waals surface area contributed by atoms with Crippen LogP contribution in [-0.4, -0.2) is 28.0 Å². The van der Waals surface area contributed by atoms with Crippen molar-refractivity contribution in [1.29, 1.82) is 0 Å². The zero-order valence-corrected chi connectivity index (χ0v) is 18.4. The van der Waals surface area contributed by atoms with Gasteiger partial charge in [-0.2, -0.15) is 5.10 Å². The van der Waals surface area contributed by atoms with Crippen molar-refractivity contribution in [3.63, 3.8) is 0 Å². The third kappa shape index (κ3) is 4.55. The molecule has 30 heavy (non-hydrogen) atoms. The van der Waals surface area contributed by atoms with E-state index in [0.717, 1.165) is 47.5 Å². The van der Waals surface area contributed by atoms with Crippen LogP contribution in [-0.2, 0) is 24.1 Å². The number of fused-ring (bicyclic) bond motifs is 1. The number of nitrogens with zero attached hydrogens (tertiary/aromatic N) is 2. The Morgan fingerprint density at radius 1 is 1.23 bits per heavy atom. The fourth-order valence-corrected chi connectivity index (χ4v) is 5.19. The molecular weight excluding hydrogens is 416 g/mol. The zero-order valence-electron chi connectivity index (χ0n) is 16.8. The van der Waals surface area contributed by atoms with Gasteiger partial charge in [0.25, 0.3) is 0 Å². The van der Waals surface area contributed by atoms with Gasteiger partial charge in [0.05, 0.1) is 18.4 Å². The highest BCUT2D eigenvalue weighted by atomic mass is 32.1. The number of carbonyl (C=O) groups is 1. The normalized spacial score (nSPS) is 13.2. The van der Waals surface area contributed by atoms with E-state index in [1.807, 2.05) is 41.2 Å². The van der Waals surface area contributed by atoms with Gasteiger partial charge in [0.1, 0.15) is 5.00 Å². The van der Waals surface area contributed by atoms with Crippen LogP contribution in [0, 0.1) is 0 Å². The summed E-state index contributed by atoms with van der Waals surface area (Å²) in [6, 6.07) is 10.0. The lowest BCUT2D eigenvalue weighted by molar-refractivity contribution is 0.0601. The fourth-order valence-electron chi connectivity index (χ4n) is 3.67. The average Bonchev–Trinajstić information content (AvgIpc) is 3.35. The Balaban J connectivity index is 1.42. The van der Waals surface area contributed by atoms with Crippen LogP contribution in [0.1, 0.15) is 45.6 Å². The molecule has 0 radical (unpaired) electrons. The molecule has 1 aliphatic carbocycles. The summed E-state index contributed by atoms with van der Waals surface area (Å²) < 4.78 is 6.87. The Morgan fingerprint density at radius 2 is 2.03 bits per heavy atom. The molecule has 3 aromatic rings. The van der Waals surface area contributed by atoms with Crippen LogP contribution in [0.3, 0.4) is 0 Å². The zero-order chi connectivity index (χ0) is 20.9. The Labute approximate surface area is 185 Å². The van der Waals surface area contributed by atoms with Gasteiger partial charge in [-0.15, -0.1) is 11.3 Å². The van der Waals surface area contributed by atoms with Crippen molar-refractivity contribution in [3.8, 4) is 5.69 Å². The first-order valence-corrected chi connectivity index (χ1v) is 11.2. The third-order valence-electron chi connectivity index (χ3n) is 5.20. The van der Waals surface area contributed by atoms with E-state index >= 15 is 0 Å². The van der Waals surface area contributed by atoms with Crippen LogP contribution in [0.15, 0.2) is 42.7 Å². The summed E-state index contributed by atoms with van der Waals surface area (Å²) in [7, 11) is 1.43. The number of rotatable bonds is 5. The lowest BCUT2D eigenvalue weighted by atomic mass is 10.1. The van der Waals surface area contributed by atoms with E-state index in [0.29, 0.717) is 17.2 Å². The van der Waals surface area contributed by atoms with Crippen LogP contribution < -0.4 is 10.6 Å². The average molecular weight is 441 g/mol. The first kappa shape index (κ1) is 20.6. The number of methoxy groups -OCH3 is 1. The number of carbonyl (C=O) groups excluding carboxylic acids is 1. The highest BCUT2D eigenvalue weighted by Gasteiger charge is 2.25. The molecule has 2 N–H and O–H groups in total. The summed E-state index contributed by atoms with van der Waals surface area (Å²) in [6.07, 6.45) is 9.05. The Kier molecular flexibility index (Phi) is 6.44. The van der Waals surface area contributed by atoms with E-state index in [1.54, 1.807) is 17.5 Å². The molecule has 1 aliphatic rings. The predicted molar refractivity (Wildman–Crippen MR) is 124 cm³/mol. The van der Waals surface area contributed by atoms with Gasteiger partial charge >= 0.3 is 5.97 Å². The minimum atomic E-state index is -0.297. The summed E-state index contributed by atoms with van der Waals surface area (Å²) in [6.45, 7) is 0.587. The summed E-state index contributed by atoms with van der Waals surface area (Å²) in [5.41, 5.74) is 3.88. The molecule has 4 rings (SSSR count). The quantitative estimate of drug-likeness (QED) is 0.346. The smallest absolute Gasteiger partial charge is 0.341 e. The second-order valence-electron chi connectivity index (χ2n) is 7.18. The van der Waals surface area contributed by atoms with Gasteiger partial charge in [-0.05, 0) is 67.2 Å². The van der Waals surface area contributed by atoms with Crippen LogP contribution in [0.25, 0.3) is 5.69 Å². The van der Waals surface area contributed by atoms with Gasteiger partial charge in [0.2, 0.25) is 0 Å². The SMILES string of the molecule is COC(=O)c1c(NC(=S)NCc2ccc(-n3cccn3)cc2)sc2c1CCCCC2. The van der Waals surface area contributed by atoms with E-state index in [1.165, 1.54) is 18.4 Å². The lowest BCUT2D eigenvalue weighted by Crippen LogP contribution is -2.28. The molecule has 0 saturated heterocycles. The molecule has 1 aromatic carbocycles. The molecule has 0 saturated carbocycles. The Bertz CT molecular complexity index is 1030. The fraction of sp³-hybridized carbons (Fsp3) is 0.318. The Morgan fingerprint density at radius 3 is 2.77 bits per heavy atom. The van der Waals surface area contributed by atoms with Crippen molar-refractivity contribution in [2.75, 3.05) is 12.4 Å². The topological polar surface area (TPSA) is 68.2 Å². The molecule has 0 aliphatic heterocycles. The molecular formula is C22H24N4O2S2. The van der Waals surface area contributed by atoms with Crippen LogP contribution in [0.4, 0.5) is 5.00 Å². The van der Waals surface area contributed by atoms with E-state index in [-0.39, 0.29) is 5.97 Å². The van der Waals surface area contributed by atoms with Gasteiger partial charge in [0.15, 0.2) is 5.11 Å². The second-order valence-corrected chi connectivity index (χ2v) is 8.70. The maximum atomic E-state index is 12.4. The highest BCUT2D eigenvalue weighted by molar-refractivity contribution is 7.80. The van der Waals surface area contributed by atoms with Crippen LogP contribution >= 0.6 is 23.6 Å². The highest BCUT2D eigenvalue weighted by Crippen LogP contribution is 2.37. The van der Waals surface area contributed by atoms with Gasteiger partial charge in [-0.1, -0.05) is 18.6 Å². The summed E-state index contributed by atoms with van der Waals surface area (Å²) in [4.78, 5) is 13.7. The Hall–Kier alpha value is -2.71. The van der Waals surface area contributed by atoms with Gasteiger partial charge in [0, 0.05) is 23.8 Å². The largest absolute Gasteiger partial charge is 0.465 e. The summed E-state index contributed by atoms with van der Waals surface area (Å²) >= 11 is 7.11. The number of aryl methyl sites for hydroxylation is 1. The van der Waals surface area contributed by atoms with Crippen LogP contribution in [0.2, 0.25) is 0 Å². The monoisotopic (exact) mass is 440 g/mol. The molecule has 2 heterocycles. The number of hydrogen-bond acceptors (Lipinski definition) is 5. The molecule has 0 atom stereocenters. The molecule has 6 nitrogen and oxygen atoms in total. The molecule has 0 amide bonds. The second kappa shape index (κ2) is 9.40. The molecule has 0 unspecified atom stereocenters. The minimum Gasteiger partial charge on any atom is -0.465 e. The number of anilines is 1. The number of ether oxygens (including phenoxy) is 1. The maximum Gasteiger partial charge on any atom is 0.341 e. The number of aromatic nitrogens is 2. The molecule has 0 bridgehead atoms. The van der Waals surface area contributed by atoms with Gasteiger partial charge < -0.3 is 15.4 Å². The van der Waals surface area contributed by atoms with E-state index in [2.05, 4.69) is 15.7 Å². The van der Waals surface area contributed by atoms with Crippen molar-refractivity contribution in [2.24, 2.45) is 0 Å². The van der Waals surface area contributed by atoms with E-state index in [4.69, 9.17) is 17.0 Å². The number of esters is 1. The summed E-state index contributed by atoms with van der Waals surface area (Å²) in [5.74, 6) is -0.297. The van der Waals surface area contributed by atoms with Crippen molar-refractivity contribution < 1.29 is 9.53 Å². The third-order valence-corrected chi connectivity index (χ3v) is 6.65. The minimum absolute atomic E-state index is 0.297. The number of hydrogen-bond donors (Lipinski definition) is 2. The number of nitrogens with one attached hydrogen (secondary N) is 2. The molecule has 2 aromatic heterocycles. The van der Waals surface area contributed by atoms with E-state index in [9.17, 15) is 4.79 Å². The molecule has 156 valence electrons. The van der Waals surface area contributed by atoms with Crippen LogP contribution in [0.5, 0.6) is 0 Å².